The summed E-state index contributed by atoms with van der Waals surface area (Å²) >= 11 is 3.10. The number of nitrogens with one attached hydrogen (secondary N) is 1. The Bertz CT molecular complexity index is 421. The summed E-state index contributed by atoms with van der Waals surface area (Å²) in [6.45, 7) is 0. The van der Waals surface area contributed by atoms with Crippen LogP contribution in [0.5, 0.6) is 0 Å². The first-order valence-electron chi connectivity index (χ1n) is 3.84. The highest BCUT2D eigenvalue weighted by Gasteiger charge is 2.02. The summed E-state index contributed by atoms with van der Waals surface area (Å²) in [5.74, 6) is -0.558. The van der Waals surface area contributed by atoms with Gasteiger partial charge in [0.25, 0.3) is 0 Å². The number of aliphatic imine (C=N–C) groups is 1. The van der Waals surface area contributed by atoms with E-state index in [1.54, 1.807) is 0 Å². The molecule has 0 unspecified atom stereocenters. The fourth-order valence-electron chi connectivity index (χ4n) is 0.856. The van der Waals surface area contributed by atoms with Crippen LogP contribution in [0.1, 0.15) is 0 Å². The predicted molar refractivity (Wildman–Crippen MR) is 58.1 cm³/mol. The summed E-state index contributed by atoms with van der Waals surface area (Å²) in [4.78, 5) is 14.2. The van der Waals surface area contributed by atoms with Crippen LogP contribution in [0.4, 0.5) is 14.9 Å². The molecule has 0 spiro atoms. The van der Waals surface area contributed by atoms with E-state index in [-0.39, 0.29) is 5.96 Å². The van der Waals surface area contributed by atoms with E-state index in [0.717, 1.165) is 0 Å². The molecule has 80 valence electrons. The zero-order valence-electron chi connectivity index (χ0n) is 7.50. The molecule has 15 heavy (non-hydrogen) atoms. The van der Waals surface area contributed by atoms with Crippen molar-refractivity contribution in [3.05, 3.63) is 28.5 Å². The Morgan fingerprint density at radius 3 is 2.67 bits per heavy atom. The Hall–Kier alpha value is -1.63. The van der Waals surface area contributed by atoms with Crippen LogP contribution in [-0.4, -0.2) is 12.0 Å². The van der Waals surface area contributed by atoms with Crippen LogP contribution in [0.15, 0.2) is 27.7 Å². The standard InChI is InChI=1S/C8H8BrFN4O/c9-5-3-4(10)1-2-6(5)13-7(11)14-8(12)15/h1-3H,(H5,11,12,13,14,15). The molecule has 0 heterocycles. The molecule has 1 rings (SSSR count). The second-order valence-corrected chi connectivity index (χ2v) is 3.44. The lowest BCUT2D eigenvalue weighted by Crippen LogP contribution is -2.39. The van der Waals surface area contributed by atoms with Crippen molar-refractivity contribution in [1.29, 1.82) is 0 Å². The van der Waals surface area contributed by atoms with Crippen LogP contribution in [0, 0.1) is 5.82 Å². The van der Waals surface area contributed by atoms with Gasteiger partial charge in [0.1, 0.15) is 5.82 Å². The molecule has 1 aromatic rings. The number of urea groups is 1. The Balaban J connectivity index is 2.92. The molecule has 0 bridgehead atoms. The van der Waals surface area contributed by atoms with Crippen molar-refractivity contribution in [2.24, 2.45) is 16.5 Å². The number of halogens is 2. The number of carbonyl (C=O) groups excluding carboxylic acids is 1. The molecule has 0 saturated carbocycles. The molecule has 0 saturated heterocycles. The Kier molecular flexibility index (Phi) is 3.62. The summed E-state index contributed by atoms with van der Waals surface area (Å²) in [6, 6.07) is 3.06. The minimum Gasteiger partial charge on any atom is -0.369 e. The number of amides is 2. The number of benzene rings is 1. The maximum absolute atomic E-state index is 12.7. The summed E-state index contributed by atoms with van der Waals surface area (Å²) in [5, 5.41) is 2.09. The second-order valence-electron chi connectivity index (χ2n) is 2.58. The number of guanidine groups is 1. The molecule has 0 aliphatic carbocycles. The molecule has 5 nitrogen and oxygen atoms in total. The maximum Gasteiger partial charge on any atom is 0.318 e. The highest BCUT2D eigenvalue weighted by molar-refractivity contribution is 9.10. The SMILES string of the molecule is NC(=O)NC(N)=Nc1ccc(F)cc1Br. The first-order chi connectivity index (χ1) is 6.99. The Morgan fingerprint density at radius 2 is 2.13 bits per heavy atom. The molecule has 0 aromatic heterocycles. The number of nitrogens with two attached hydrogens (primary N) is 2. The van der Waals surface area contributed by atoms with Gasteiger partial charge in [-0.25, -0.2) is 14.2 Å². The third-order valence-electron chi connectivity index (χ3n) is 1.40. The van der Waals surface area contributed by atoms with Crippen molar-refractivity contribution in [3.8, 4) is 0 Å². The number of nitrogens with zero attached hydrogens (tertiary/aromatic N) is 1. The lowest BCUT2D eigenvalue weighted by atomic mass is 10.3. The molecular formula is C8H8BrFN4O. The first kappa shape index (κ1) is 11.4. The van der Waals surface area contributed by atoms with E-state index in [2.05, 4.69) is 26.2 Å². The summed E-state index contributed by atoms with van der Waals surface area (Å²) in [6.07, 6.45) is 0. The summed E-state index contributed by atoms with van der Waals surface area (Å²) in [5.41, 5.74) is 10.6. The number of hydrogen-bond donors (Lipinski definition) is 3. The second kappa shape index (κ2) is 4.74. The normalized spacial score (nSPS) is 11.2. The molecule has 0 radical (unpaired) electrons. The quantitative estimate of drug-likeness (QED) is 0.530. The average Bonchev–Trinajstić information content (AvgIpc) is 2.08. The van der Waals surface area contributed by atoms with Gasteiger partial charge in [-0.05, 0) is 34.1 Å². The monoisotopic (exact) mass is 274 g/mol. The van der Waals surface area contributed by atoms with Crippen LogP contribution in [0.2, 0.25) is 0 Å². The lowest BCUT2D eigenvalue weighted by Gasteiger charge is -2.02. The summed E-state index contributed by atoms with van der Waals surface area (Å²) in [7, 11) is 0. The van der Waals surface area contributed by atoms with Crippen LogP contribution >= 0.6 is 15.9 Å². The minimum atomic E-state index is -0.811. The fourth-order valence-corrected chi connectivity index (χ4v) is 1.30. The van der Waals surface area contributed by atoms with Gasteiger partial charge in [-0.1, -0.05) is 0 Å². The fraction of sp³-hybridized carbons (Fsp3) is 0. The van der Waals surface area contributed by atoms with Gasteiger partial charge in [0.15, 0.2) is 0 Å². The van der Waals surface area contributed by atoms with E-state index in [0.29, 0.717) is 10.2 Å². The third-order valence-corrected chi connectivity index (χ3v) is 2.04. The lowest BCUT2D eigenvalue weighted by molar-refractivity contribution is 0.253. The van der Waals surface area contributed by atoms with Crippen molar-refractivity contribution in [3.63, 3.8) is 0 Å². The molecule has 0 aliphatic rings. The van der Waals surface area contributed by atoms with Crippen molar-refractivity contribution >= 4 is 33.6 Å². The van der Waals surface area contributed by atoms with Crippen LogP contribution < -0.4 is 16.8 Å². The molecule has 0 aliphatic heterocycles. The van der Waals surface area contributed by atoms with Crippen molar-refractivity contribution in [2.75, 3.05) is 0 Å². The Labute approximate surface area is 93.5 Å². The van der Waals surface area contributed by atoms with E-state index < -0.39 is 11.8 Å². The number of rotatable bonds is 1. The topological polar surface area (TPSA) is 93.5 Å². The van der Waals surface area contributed by atoms with Crippen molar-refractivity contribution < 1.29 is 9.18 Å². The van der Waals surface area contributed by atoms with Crippen LogP contribution in [0.3, 0.4) is 0 Å². The molecular weight excluding hydrogens is 267 g/mol. The largest absolute Gasteiger partial charge is 0.369 e. The third kappa shape index (κ3) is 3.55. The predicted octanol–water partition coefficient (Wildman–Crippen LogP) is 1.20. The van der Waals surface area contributed by atoms with Gasteiger partial charge in [0, 0.05) is 4.47 Å². The smallest absolute Gasteiger partial charge is 0.318 e. The van der Waals surface area contributed by atoms with E-state index in [4.69, 9.17) is 11.5 Å². The minimum absolute atomic E-state index is 0.158. The highest BCUT2D eigenvalue weighted by Crippen LogP contribution is 2.25. The van der Waals surface area contributed by atoms with Gasteiger partial charge in [0.05, 0.1) is 5.69 Å². The van der Waals surface area contributed by atoms with Gasteiger partial charge in [-0.15, -0.1) is 0 Å². The van der Waals surface area contributed by atoms with E-state index in [1.165, 1.54) is 18.2 Å². The van der Waals surface area contributed by atoms with Crippen LogP contribution in [-0.2, 0) is 0 Å². The Morgan fingerprint density at radius 1 is 1.47 bits per heavy atom. The molecule has 1 aromatic carbocycles. The van der Waals surface area contributed by atoms with Gasteiger partial charge < -0.3 is 11.5 Å². The van der Waals surface area contributed by atoms with Crippen LogP contribution in [0.25, 0.3) is 0 Å². The molecule has 5 N–H and O–H groups in total. The molecule has 0 fully saturated rings. The molecule has 2 amide bonds. The van der Waals surface area contributed by atoms with Crippen molar-refractivity contribution in [1.82, 2.24) is 5.32 Å². The highest BCUT2D eigenvalue weighted by atomic mass is 79.9. The van der Waals surface area contributed by atoms with Gasteiger partial charge in [-0.2, -0.15) is 0 Å². The number of carbonyl (C=O) groups is 1. The first-order valence-corrected chi connectivity index (χ1v) is 4.64. The zero-order chi connectivity index (χ0) is 11.4. The number of primary amides is 1. The number of hydrogen-bond acceptors (Lipinski definition) is 2. The van der Waals surface area contributed by atoms with E-state index in [9.17, 15) is 9.18 Å². The molecule has 7 heteroatoms. The van der Waals surface area contributed by atoms with E-state index in [1.807, 2.05) is 0 Å². The maximum atomic E-state index is 12.7. The van der Waals surface area contributed by atoms with Crippen molar-refractivity contribution in [2.45, 2.75) is 0 Å². The van der Waals surface area contributed by atoms with Gasteiger partial charge in [0.2, 0.25) is 5.96 Å². The zero-order valence-corrected chi connectivity index (χ0v) is 9.08. The van der Waals surface area contributed by atoms with Gasteiger partial charge in [-0.3, -0.25) is 5.32 Å². The van der Waals surface area contributed by atoms with Gasteiger partial charge >= 0.3 is 6.03 Å². The molecule has 0 atom stereocenters. The average molecular weight is 275 g/mol. The summed E-state index contributed by atoms with van der Waals surface area (Å²) < 4.78 is 13.1. The van der Waals surface area contributed by atoms with E-state index >= 15 is 0 Å².